The molecule has 7 nitrogen and oxygen atoms in total. The first-order chi connectivity index (χ1) is 12.0. The molecule has 1 heterocycles. The summed E-state index contributed by atoms with van der Waals surface area (Å²) in [6.07, 6.45) is 8.91. The third kappa shape index (κ3) is 2.80. The number of fused-ring (bicyclic) bond motifs is 2. The number of sulfonamides is 1. The van der Waals surface area contributed by atoms with Crippen LogP contribution in [0.15, 0.2) is 23.6 Å². The van der Waals surface area contributed by atoms with Crippen LogP contribution in [0, 0.1) is 0 Å². The number of benzene rings is 1. The number of aryl methyl sites for hydroxylation is 3. The topological polar surface area (TPSA) is 93.1 Å². The van der Waals surface area contributed by atoms with Crippen molar-refractivity contribution in [3.05, 3.63) is 40.7 Å². The van der Waals surface area contributed by atoms with Crippen molar-refractivity contribution in [2.75, 3.05) is 5.32 Å². The Morgan fingerprint density at radius 3 is 2.32 bits per heavy atom. The second-order valence-corrected chi connectivity index (χ2v) is 8.19. The van der Waals surface area contributed by atoms with Crippen LogP contribution in [0.3, 0.4) is 0 Å². The number of aromatic nitrogens is 2. The highest BCUT2D eigenvalue weighted by Gasteiger charge is 2.27. The van der Waals surface area contributed by atoms with Crippen LogP contribution >= 0.6 is 0 Å². The molecule has 0 aliphatic heterocycles. The molecule has 0 radical (unpaired) electrons. The lowest BCUT2D eigenvalue weighted by molar-refractivity contribution is 0.256. The number of urea groups is 1. The molecule has 1 aromatic heterocycles. The zero-order valence-electron chi connectivity index (χ0n) is 14.0. The Morgan fingerprint density at radius 2 is 1.76 bits per heavy atom. The van der Waals surface area contributed by atoms with Crippen molar-refractivity contribution in [3.63, 3.8) is 0 Å². The monoisotopic (exact) mass is 360 g/mol. The zero-order valence-corrected chi connectivity index (χ0v) is 14.8. The number of carbonyl (C=O) groups is 1. The highest BCUT2D eigenvalue weighted by Crippen LogP contribution is 2.38. The summed E-state index contributed by atoms with van der Waals surface area (Å²) in [5.74, 6) is 0. The van der Waals surface area contributed by atoms with Gasteiger partial charge in [-0.1, -0.05) is 6.07 Å². The number of nitrogens with one attached hydrogen (secondary N) is 2. The summed E-state index contributed by atoms with van der Waals surface area (Å²) in [5, 5.41) is 2.63. The van der Waals surface area contributed by atoms with E-state index >= 15 is 0 Å². The largest absolute Gasteiger partial charge is 0.333 e. The summed E-state index contributed by atoms with van der Waals surface area (Å²) < 4.78 is 28.1. The highest BCUT2D eigenvalue weighted by molar-refractivity contribution is 7.89. The van der Waals surface area contributed by atoms with Crippen LogP contribution in [-0.2, 0) is 42.8 Å². The normalized spacial score (nSPS) is 15.7. The minimum absolute atomic E-state index is 0.189. The molecule has 0 saturated carbocycles. The predicted octanol–water partition coefficient (Wildman–Crippen LogP) is 1.91. The van der Waals surface area contributed by atoms with Crippen LogP contribution in [0.1, 0.15) is 35.1 Å². The number of amides is 2. The molecule has 25 heavy (non-hydrogen) atoms. The van der Waals surface area contributed by atoms with Crippen LogP contribution in [-0.4, -0.2) is 24.0 Å². The lowest BCUT2D eigenvalue weighted by atomic mass is 9.99. The minimum Gasteiger partial charge on any atom is -0.323 e. The highest BCUT2D eigenvalue weighted by atomic mass is 32.2. The molecule has 0 bridgehead atoms. The van der Waals surface area contributed by atoms with E-state index in [4.69, 9.17) is 0 Å². The Bertz CT molecular complexity index is 930. The maximum atomic E-state index is 12.4. The van der Waals surface area contributed by atoms with Gasteiger partial charge in [-0.25, -0.2) is 14.5 Å². The van der Waals surface area contributed by atoms with Crippen LogP contribution in [0.4, 0.5) is 10.5 Å². The second kappa shape index (κ2) is 5.87. The fourth-order valence-corrected chi connectivity index (χ4v) is 4.91. The number of nitrogens with zero attached hydrogens (tertiary/aromatic N) is 2. The van der Waals surface area contributed by atoms with Crippen molar-refractivity contribution in [1.29, 1.82) is 0 Å². The van der Waals surface area contributed by atoms with Gasteiger partial charge in [0.1, 0.15) is 0 Å². The Balaban J connectivity index is 1.61. The predicted molar refractivity (Wildman–Crippen MR) is 93.0 cm³/mol. The summed E-state index contributed by atoms with van der Waals surface area (Å²) in [6, 6.07) is 1.52. The molecule has 4 rings (SSSR count). The molecular formula is C17H20N4O3S. The van der Waals surface area contributed by atoms with Gasteiger partial charge in [0, 0.05) is 25.1 Å². The van der Waals surface area contributed by atoms with Crippen LogP contribution < -0.4 is 10.0 Å². The van der Waals surface area contributed by atoms with E-state index in [-0.39, 0.29) is 5.16 Å². The smallest absolute Gasteiger partial charge is 0.323 e. The summed E-state index contributed by atoms with van der Waals surface area (Å²) in [7, 11) is -2.44. The maximum absolute atomic E-state index is 12.4. The molecule has 132 valence electrons. The molecule has 0 fully saturated rings. The molecule has 8 heteroatoms. The van der Waals surface area contributed by atoms with Gasteiger partial charge >= 0.3 is 6.03 Å². The first kappa shape index (κ1) is 16.1. The molecule has 0 atom stereocenters. The first-order valence-electron chi connectivity index (χ1n) is 8.43. The SMILES string of the molecule is Cn1ccnc1S(=O)(=O)NC(=O)Nc1c2c(cc3c1CCC3)CCC2. The molecule has 2 aromatic rings. The zero-order chi connectivity index (χ0) is 17.6. The van der Waals surface area contributed by atoms with E-state index in [1.165, 1.54) is 28.1 Å². The molecule has 2 aliphatic rings. The number of anilines is 1. The number of hydrogen-bond acceptors (Lipinski definition) is 4. The lowest BCUT2D eigenvalue weighted by Gasteiger charge is -2.16. The number of imidazole rings is 1. The van der Waals surface area contributed by atoms with Crippen LogP contribution in [0.25, 0.3) is 0 Å². The fraction of sp³-hybridized carbons (Fsp3) is 0.412. The first-order valence-corrected chi connectivity index (χ1v) is 9.91. The second-order valence-electron chi connectivity index (χ2n) is 6.61. The standard InChI is InChI=1S/C17H20N4O3S/c1-21-9-8-18-17(21)25(23,24)20-16(22)19-15-13-6-2-4-11(13)10-12-5-3-7-14(12)15/h8-10H,2-7H2,1H3,(H2,19,20,22). The van der Waals surface area contributed by atoms with Gasteiger partial charge in [0.05, 0.1) is 0 Å². The molecule has 2 aliphatic carbocycles. The van der Waals surface area contributed by atoms with E-state index in [9.17, 15) is 13.2 Å². The van der Waals surface area contributed by atoms with Crippen molar-refractivity contribution in [2.24, 2.45) is 7.05 Å². The van der Waals surface area contributed by atoms with E-state index in [2.05, 4.69) is 21.1 Å². The molecule has 0 spiro atoms. The van der Waals surface area contributed by atoms with Crippen molar-refractivity contribution < 1.29 is 13.2 Å². The number of carbonyl (C=O) groups excluding carboxylic acids is 1. The van der Waals surface area contributed by atoms with Crippen molar-refractivity contribution >= 4 is 21.7 Å². The Hall–Kier alpha value is -2.35. The summed E-state index contributed by atoms with van der Waals surface area (Å²) >= 11 is 0. The van der Waals surface area contributed by atoms with Crippen LogP contribution in [0.5, 0.6) is 0 Å². The maximum Gasteiger partial charge on any atom is 0.333 e. The van der Waals surface area contributed by atoms with Gasteiger partial charge in [0.15, 0.2) is 0 Å². The lowest BCUT2D eigenvalue weighted by Crippen LogP contribution is -2.36. The van der Waals surface area contributed by atoms with Gasteiger partial charge in [-0.15, -0.1) is 0 Å². The van der Waals surface area contributed by atoms with Gasteiger partial charge < -0.3 is 9.88 Å². The molecule has 0 saturated heterocycles. The third-order valence-corrected chi connectivity index (χ3v) is 6.28. The Morgan fingerprint density at radius 1 is 1.12 bits per heavy atom. The van der Waals surface area contributed by atoms with E-state index in [1.54, 1.807) is 7.05 Å². The van der Waals surface area contributed by atoms with E-state index in [0.717, 1.165) is 55.3 Å². The third-order valence-electron chi connectivity index (χ3n) is 4.96. The van der Waals surface area contributed by atoms with Gasteiger partial charge in [-0.3, -0.25) is 0 Å². The van der Waals surface area contributed by atoms with Gasteiger partial charge in [0.25, 0.3) is 10.0 Å². The van der Waals surface area contributed by atoms with E-state index < -0.39 is 16.1 Å². The Kier molecular flexibility index (Phi) is 3.79. The Labute approximate surface area is 146 Å². The van der Waals surface area contributed by atoms with Gasteiger partial charge in [0.2, 0.25) is 5.16 Å². The van der Waals surface area contributed by atoms with Gasteiger partial charge in [-0.05, 0) is 60.8 Å². The van der Waals surface area contributed by atoms with E-state index in [0.29, 0.717) is 0 Å². The molecule has 1 aromatic carbocycles. The van der Waals surface area contributed by atoms with Crippen LogP contribution in [0.2, 0.25) is 0 Å². The molecule has 2 N–H and O–H groups in total. The summed E-state index contributed by atoms with van der Waals surface area (Å²) in [4.78, 5) is 16.2. The summed E-state index contributed by atoms with van der Waals surface area (Å²) in [6.45, 7) is 0. The molecule has 2 amide bonds. The molecular weight excluding hydrogens is 340 g/mol. The van der Waals surface area contributed by atoms with Gasteiger partial charge in [-0.2, -0.15) is 8.42 Å². The molecule has 0 unspecified atom stereocenters. The van der Waals surface area contributed by atoms with Crippen molar-refractivity contribution in [2.45, 2.75) is 43.7 Å². The van der Waals surface area contributed by atoms with Crippen molar-refractivity contribution in [3.8, 4) is 0 Å². The fourth-order valence-electron chi connectivity index (χ4n) is 3.88. The summed E-state index contributed by atoms with van der Waals surface area (Å²) in [5.41, 5.74) is 5.69. The minimum atomic E-state index is -4.01. The average Bonchev–Trinajstić information content (AvgIpc) is 3.25. The number of hydrogen-bond donors (Lipinski definition) is 2. The van der Waals surface area contributed by atoms with Crippen molar-refractivity contribution in [1.82, 2.24) is 14.3 Å². The average molecular weight is 360 g/mol. The van der Waals surface area contributed by atoms with E-state index in [1.807, 2.05) is 0 Å². The number of rotatable bonds is 3. The quantitative estimate of drug-likeness (QED) is 0.874.